The molecule has 0 fully saturated rings. The summed E-state index contributed by atoms with van der Waals surface area (Å²) >= 11 is 0. The Hall–Kier alpha value is -3.13. The van der Waals surface area contributed by atoms with Crippen LogP contribution in [0, 0.1) is 27.7 Å². The van der Waals surface area contributed by atoms with Crippen molar-refractivity contribution in [3.8, 4) is 22.5 Å². The normalized spacial score (nSPS) is 11.0. The highest BCUT2D eigenvalue weighted by Crippen LogP contribution is 2.33. The number of nitrogens with zero attached hydrogens (tertiary/aromatic N) is 2. The lowest BCUT2D eigenvalue weighted by Crippen LogP contribution is -2.04. The zero-order valence-electron chi connectivity index (χ0n) is 17.0. The zero-order valence-corrected chi connectivity index (χ0v) is 17.0. The average molecular weight is 367 g/mol. The van der Waals surface area contributed by atoms with Gasteiger partial charge in [-0.3, -0.25) is 4.68 Å². The topological polar surface area (TPSA) is 17.8 Å². The Morgan fingerprint density at radius 2 is 1.25 bits per heavy atom. The minimum absolute atomic E-state index is 0.762. The maximum Gasteiger partial charge on any atom is 0.0959 e. The van der Waals surface area contributed by atoms with Gasteiger partial charge < -0.3 is 0 Å². The minimum atomic E-state index is 0.762. The van der Waals surface area contributed by atoms with Gasteiger partial charge in [0.05, 0.1) is 17.9 Å². The first kappa shape index (κ1) is 18.2. The molecule has 0 N–H and O–H groups in total. The van der Waals surface area contributed by atoms with Crippen LogP contribution in [0.15, 0.2) is 72.8 Å². The van der Waals surface area contributed by atoms with E-state index in [1.54, 1.807) is 0 Å². The minimum Gasteiger partial charge on any atom is -0.260 e. The Morgan fingerprint density at radius 3 is 1.89 bits per heavy atom. The van der Waals surface area contributed by atoms with Gasteiger partial charge in [-0.15, -0.1) is 0 Å². The lowest BCUT2D eigenvalue weighted by molar-refractivity contribution is 0.696. The van der Waals surface area contributed by atoms with Crippen molar-refractivity contribution in [1.82, 2.24) is 9.78 Å². The van der Waals surface area contributed by atoms with Crippen molar-refractivity contribution in [2.75, 3.05) is 0 Å². The standard InChI is InChI=1S/C26H26N2/c1-18-8-5-11-22(14-18)17-28-26(24-13-7-10-20(3)16-24)21(4)25(27-28)23-12-6-9-19(2)15-23/h5-16H,17H2,1-4H3. The van der Waals surface area contributed by atoms with E-state index in [2.05, 4.69) is 105 Å². The molecular weight excluding hydrogens is 340 g/mol. The van der Waals surface area contributed by atoms with Gasteiger partial charge in [-0.25, -0.2) is 0 Å². The molecule has 3 aromatic carbocycles. The molecule has 2 heteroatoms. The van der Waals surface area contributed by atoms with Crippen LogP contribution in [0.2, 0.25) is 0 Å². The summed E-state index contributed by atoms with van der Waals surface area (Å²) in [7, 11) is 0. The van der Waals surface area contributed by atoms with E-state index in [0.717, 1.165) is 12.2 Å². The highest BCUT2D eigenvalue weighted by atomic mass is 15.3. The molecule has 140 valence electrons. The molecule has 0 radical (unpaired) electrons. The molecule has 0 aliphatic rings. The predicted molar refractivity (Wildman–Crippen MR) is 118 cm³/mol. The third-order valence-corrected chi connectivity index (χ3v) is 5.19. The van der Waals surface area contributed by atoms with Gasteiger partial charge in [-0.2, -0.15) is 5.10 Å². The molecule has 0 amide bonds. The van der Waals surface area contributed by atoms with E-state index in [4.69, 9.17) is 5.10 Å². The molecule has 0 atom stereocenters. The van der Waals surface area contributed by atoms with Crippen molar-refractivity contribution in [1.29, 1.82) is 0 Å². The van der Waals surface area contributed by atoms with Crippen molar-refractivity contribution in [3.05, 3.63) is 101 Å². The summed E-state index contributed by atoms with van der Waals surface area (Å²) < 4.78 is 2.16. The summed E-state index contributed by atoms with van der Waals surface area (Å²) in [5, 5.41) is 5.07. The highest BCUT2D eigenvalue weighted by molar-refractivity contribution is 5.74. The average Bonchev–Trinajstić information content (AvgIpc) is 2.98. The molecule has 4 aromatic rings. The number of rotatable bonds is 4. The second kappa shape index (κ2) is 7.47. The summed E-state index contributed by atoms with van der Waals surface area (Å²) in [6.07, 6.45) is 0. The number of benzene rings is 3. The second-order valence-corrected chi connectivity index (χ2v) is 7.71. The number of hydrogen-bond acceptors (Lipinski definition) is 1. The van der Waals surface area contributed by atoms with Gasteiger partial charge in [0.25, 0.3) is 0 Å². The van der Waals surface area contributed by atoms with Crippen LogP contribution in [0.4, 0.5) is 0 Å². The Labute approximate surface area is 167 Å². The molecule has 0 spiro atoms. The molecule has 0 saturated carbocycles. The van der Waals surface area contributed by atoms with Crippen LogP contribution in [-0.2, 0) is 6.54 Å². The van der Waals surface area contributed by atoms with Crippen LogP contribution in [0.25, 0.3) is 22.5 Å². The zero-order chi connectivity index (χ0) is 19.7. The highest BCUT2D eigenvalue weighted by Gasteiger charge is 2.18. The van der Waals surface area contributed by atoms with Crippen LogP contribution in [0.5, 0.6) is 0 Å². The fourth-order valence-electron chi connectivity index (χ4n) is 3.87. The number of aromatic nitrogens is 2. The van der Waals surface area contributed by atoms with Crippen molar-refractivity contribution in [2.24, 2.45) is 0 Å². The maximum absolute atomic E-state index is 5.07. The van der Waals surface area contributed by atoms with Crippen LogP contribution in [-0.4, -0.2) is 9.78 Å². The van der Waals surface area contributed by atoms with Crippen LogP contribution in [0.1, 0.15) is 27.8 Å². The van der Waals surface area contributed by atoms with Gasteiger partial charge >= 0.3 is 0 Å². The molecule has 0 bridgehead atoms. The van der Waals surface area contributed by atoms with Crippen molar-refractivity contribution in [3.63, 3.8) is 0 Å². The summed E-state index contributed by atoms with van der Waals surface area (Å²) in [6.45, 7) is 9.36. The molecule has 4 rings (SSSR count). The Kier molecular flexibility index (Phi) is 4.87. The first-order valence-corrected chi connectivity index (χ1v) is 9.78. The fraction of sp³-hybridized carbons (Fsp3) is 0.192. The molecule has 0 aliphatic heterocycles. The Morgan fingerprint density at radius 1 is 0.679 bits per heavy atom. The summed E-state index contributed by atoms with van der Waals surface area (Å²) in [4.78, 5) is 0. The predicted octanol–water partition coefficient (Wildman–Crippen LogP) is 6.50. The second-order valence-electron chi connectivity index (χ2n) is 7.71. The molecule has 28 heavy (non-hydrogen) atoms. The summed E-state index contributed by atoms with van der Waals surface area (Å²) in [5.41, 5.74) is 10.9. The van der Waals surface area contributed by atoms with Gasteiger partial charge in [0.2, 0.25) is 0 Å². The summed E-state index contributed by atoms with van der Waals surface area (Å²) in [5.74, 6) is 0. The quantitative estimate of drug-likeness (QED) is 0.403. The van der Waals surface area contributed by atoms with Crippen LogP contribution in [0.3, 0.4) is 0 Å². The fourth-order valence-corrected chi connectivity index (χ4v) is 3.87. The largest absolute Gasteiger partial charge is 0.260 e. The summed E-state index contributed by atoms with van der Waals surface area (Å²) in [6, 6.07) is 26.0. The lowest BCUT2D eigenvalue weighted by Gasteiger charge is -2.10. The first-order chi connectivity index (χ1) is 13.5. The molecule has 1 aromatic heterocycles. The SMILES string of the molecule is Cc1cccc(Cn2nc(-c3cccc(C)c3)c(C)c2-c2cccc(C)c2)c1. The van der Waals surface area contributed by atoms with Gasteiger partial charge in [0.1, 0.15) is 0 Å². The third kappa shape index (κ3) is 3.63. The van der Waals surface area contributed by atoms with E-state index in [1.807, 2.05) is 0 Å². The smallest absolute Gasteiger partial charge is 0.0959 e. The van der Waals surface area contributed by atoms with Crippen molar-refractivity contribution in [2.45, 2.75) is 34.2 Å². The lowest BCUT2D eigenvalue weighted by atomic mass is 10.0. The van der Waals surface area contributed by atoms with Crippen LogP contribution >= 0.6 is 0 Å². The van der Waals surface area contributed by atoms with E-state index in [9.17, 15) is 0 Å². The molecule has 2 nitrogen and oxygen atoms in total. The molecular formula is C26H26N2. The molecule has 1 heterocycles. The van der Waals surface area contributed by atoms with E-state index < -0.39 is 0 Å². The molecule has 0 aliphatic carbocycles. The van der Waals surface area contributed by atoms with E-state index in [1.165, 1.54) is 44.6 Å². The van der Waals surface area contributed by atoms with Crippen LogP contribution < -0.4 is 0 Å². The Balaban J connectivity index is 1.89. The van der Waals surface area contributed by atoms with Gasteiger partial charge in [0, 0.05) is 16.7 Å². The van der Waals surface area contributed by atoms with E-state index in [-0.39, 0.29) is 0 Å². The van der Waals surface area contributed by atoms with Gasteiger partial charge in [0.15, 0.2) is 0 Å². The third-order valence-electron chi connectivity index (χ3n) is 5.19. The Bertz CT molecular complexity index is 1130. The van der Waals surface area contributed by atoms with Crippen molar-refractivity contribution >= 4 is 0 Å². The van der Waals surface area contributed by atoms with E-state index >= 15 is 0 Å². The maximum atomic E-state index is 5.07. The number of aryl methyl sites for hydroxylation is 3. The molecule has 0 unspecified atom stereocenters. The first-order valence-electron chi connectivity index (χ1n) is 9.78. The van der Waals surface area contributed by atoms with Crippen molar-refractivity contribution < 1.29 is 0 Å². The number of hydrogen-bond donors (Lipinski definition) is 0. The monoisotopic (exact) mass is 366 g/mol. The van der Waals surface area contributed by atoms with E-state index in [0.29, 0.717) is 0 Å². The van der Waals surface area contributed by atoms with Gasteiger partial charge in [-0.1, -0.05) is 77.4 Å². The molecule has 0 saturated heterocycles. The van der Waals surface area contributed by atoms with Gasteiger partial charge in [-0.05, 0) is 45.4 Å².